The molecule has 4 heteroatoms. The van der Waals surface area contributed by atoms with E-state index < -0.39 is 6.03 Å². The van der Waals surface area contributed by atoms with E-state index in [0.29, 0.717) is 18.5 Å². The molecule has 12 heavy (non-hydrogen) atoms. The third-order valence-corrected chi connectivity index (χ3v) is 1.89. The molecule has 4 nitrogen and oxygen atoms in total. The second-order valence-electron chi connectivity index (χ2n) is 3.28. The number of carbonyl (C=O) groups is 1. The Morgan fingerprint density at radius 2 is 1.92 bits per heavy atom. The van der Waals surface area contributed by atoms with Crippen LogP contribution in [0, 0.1) is 5.92 Å². The molecule has 0 aromatic rings. The summed E-state index contributed by atoms with van der Waals surface area (Å²) in [5, 5.41) is 5.78. The van der Waals surface area contributed by atoms with Crippen molar-refractivity contribution in [3.05, 3.63) is 0 Å². The Bertz CT molecular complexity index is 136. The van der Waals surface area contributed by atoms with Crippen molar-refractivity contribution in [2.75, 3.05) is 13.1 Å². The van der Waals surface area contributed by atoms with Crippen molar-refractivity contribution in [2.45, 2.75) is 26.8 Å². The highest BCUT2D eigenvalue weighted by Crippen LogP contribution is 1.98. The molecule has 0 aromatic carbocycles. The van der Waals surface area contributed by atoms with Crippen molar-refractivity contribution in [3.63, 3.8) is 0 Å². The summed E-state index contributed by atoms with van der Waals surface area (Å²) in [5.74, 6) is 0.610. The van der Waals surface area contributed by atoms with Gasteiger partial charge in [-0.25, -0.2) is 4.79 Å². The summed E-state index contributed by atoms with van der Waals surface area (Å²) in [6, 6.07) is 0.00803. The molecular weight excluding hydrogens is 154 g/mol. The van der Waals surface area contributed by atoms with Crippen molar-refractivity contribution < 1.29 is 4.79 Å². The van der Waals surface area contributed by atoms with Gasteiger partial charge in [0.05, 0.1) is 0 Å². The van der Waals surface area contributed by atoms with E-state index in [2.05, 4.69) is 31.4 Å². The van der Waals surface area contributed by atoms with Gasteiger partial charge in [-0.2, -0.15) is 0 Å². The van der Waals surface area contributed by atoms with E-state index in [1.165, 1.54) is 0 Å². The van der Waals surface area contributed by atoms with Crippen LogP contribution < -0.4 is 16.4 Å². The zero-order valence-corrected chi connectivity index (χ0v) is 8.05. The second-order valence-corrected chi connectivity index (χ2v) is 3.28. The monoisotopic (exact) mass is 173 g/mol. The molecule has 0 aliphatic heterocycles. The number of nitrogens with one attached hydrogen (secondary N) is 2. The standard InChI is InChI=1S/C8H19N3O/c1-6(2)7(3)10-4-5-11-8(9)12/h6-7,10H,4-5H2,1-3H3,(H3,9,11,12). The maximum atomic E-state index is 10.3. The van der Waals surface area contributed by atoms with Gasteiger partial charge in [-0.15, -0.1) is 0 Å². The molecule has 4 N–H and O–H groups in total. The van der Waals surface area contributed by atoms with Crippen LogP contribution in [-0.4, -0.2) is 25.2 Å². The third kappa shape index (κ3) is 5.97. The summed E-state index contributed by atoms with van der Waals surface area (Å²) in [5.41, 5.74) is 4.89. The lowest BCUT2D eigenvalue weighted by molar-refractivity contribution is 0.248. The van der Waals surface area contributed by atoms with Gasteiger partial charge in [0.15, 0.2) is 0 Å². The lowest BCUT2D eigenvalue weighted by Gasteiger charge is -2.17. The lowest BCUT2D eigenvalue weighted by Crippen LogP contribution is -2.39. The van der Waals surface area contributed by atoms with Crippen molar-refractivity contribution in [3.8, 4) is 0 Å². The third-order valence-electron chi connectivity index (χ3n) is 1.89. The Morgan fingerprint density at radius 1 is 1.33 bits per heavy atom. The van der Waals surface area contributed by atoms with Crippen molar-refractivity contribution >= 4 is 6.03 Å². The summed E-state index contributed by atoms with van der Waals surface area (Å²) in [6.45, 7) is 7.78. The molecule has 0 aliphatic rings. The molecule has 0 heterocycles. The number of hydrogen-bond acceptors (Lipinski definition) is 2. The Morgan fingerprint density at radius 3 is 2.33 bits per heavy atom. The van der Waals surface area contributed by atoms with Crippen molar-refractivity contribution in [2.24, 2.45) is 11.7 Å². The second kappa shape index (κ2) is 5.83. The fourth-order valence-corrected chi connectivity index (χ4v) is 0.721. The average Bonchev–Trinajstić information content (AvgIpc) is 1.97. The van der Waals surface area contributed by atoms with Gasteiger partial charge < -0.3 is 16.4 Å². The molecule has 0 saturated carbocycles. The molecule has 2 amide bonds. The van der Waals surface area contributed by atoms with Crippen LogP contribution in [0.5, 0.6) is 0 Å². The van der Waals surface area contributed by atoms with Gasteiger partial charge in [-0.1, -0.05) is 13.8 Å². The van der Waals surface area contributed by atoms with Crippen molar-refractivity contribution in [1.29, 1.82) is 0 Å². The highest BCUT2D eigenvalue weighted by molar-refractivity contribution is 5.71. The SMILES string of the molecule is CC(C)C(C)NCCNC(N)=O. The highest BCUT2D eigenvalue weighted by atomic mass is 16.2. The van der Waals surface area contributed by atoms with E-state index in [0.717, 1.165) is 6.54 Å². The first-order valence-corrected chi connectivity index (χ1v) is 4.30. The first-order chi connectivity index (χ1) is 5.54. The number of rotatable bonds is 5. The van der Waals surface area contributed by atoms with Crippen molar-refractivity contribution in [1.82, 2.24) is 10.6 Å². The van der Waals surface area contributed by atoms with Crippen LogP contribution in [0.1, 0.15) is 20.8 Å². The van der Waals surface area contributed by atoms with Crippen LogP contribution >= 0.6 is 0 Å². The van der Waals surface area contributed by atoms with Crippen LogP contribution in [0.15, 0.2) is 0 Å². The van der Waals surface area contributed by atoms with Gasteiger partial charge in [-0.3, -0.25) is 0 Å². The van der Waals surface area contributed by atoms with Gasteiger partial charge >= 0.3 is 6.03 Å². The van der Waals surface area contributed by atoms with E-state index in [1.807, 2.05) is 0 Å². The molecule has 1 atom stereocenters. The summed E-state index contributed by atoms with van der Waals surface area (Å²) in [7, 11) is 0. The van der Waals surface area contributed by atoms with Gasteiger partial charge in [0, 0.05) is 19.1 Å². The molecule has 72 valence electrons. The Balaban J connectivity index is 3.25. The summed E-state index contributed by atoms with van der Waals surface area (Å²) >= 11 is 0. The molecule has 0 rings (SSSR count). The normalized spacial score (nSPS) is 13.0. The Labute approximate surface area is 73.9 Å². The lowest BCUT2D eigenvalue weighted by atomic mass is 10.1. The van der Waals surface area contributed by atoms with E-state index in [9.17, 15) is 4.79 Å². The summed E-state index contributed by atoms with van der Waals surface area (Å²) < 4.78 is 0. The summed E-state index contributed by atoms with van der Waals surface area (Å²) in [4.78, 5) is 10.3. The van der Waals surface area contributed by atoms with E-state index in [1.54, 1.807) is 0 Å². The number of nitrogens with two attached hydrogens (primary N) is 1. The zero-order valence-electron chi connectivity index (χ0n) is 8.05. The molecule has 0 aliphatic carbocycles. The average molecular weight is 173 g/mol. The van der Waals surface area contributed by atoms with Crippen LogP contribution in [0.4, 0.5) is 4.79 Å². The molecule has 0 aromatic heterocycles. The maximum absolute atomic E-state index is 10.3. The van der Waals surface area contributed by atoms with Crippen LogP contribution in [-0.2, 0) is 0 Å². The molecule has 0 saturated heterocycles. The number of amides is 2. The fourth-order valence-electron chi connectivity index (χ4n) is 0.721. The minimum Gasteiger partial charge on any atom is -0.352 e. The number of hydrogen-bond donors (Lipinski definition) is 3. The first-order valence-electron chi connectivity index (χ1n) is 4.30. The quantitative estimate of drug-likeness (QED) is 0.523. The number of urea groups is 1. The Hall–Kier alpha value is -0.770. The predicted molar refractivity (Wildman–Crippen MR) is 49.9 cm³/mol. The fraction of sp³-hybridized carbons (Fsp3) is 0.875. The molecule has 0 bridgehead atoms. The maximum Gasteiger partial charge on any atom is 0.312 e. The van der Waals surface area contributed by atoms with Gasteiger partial charge in [0.25, 0.3) is 0 Å². The highest BCUT2D eigenvalue weighted by Gasteiger charge is 2.04. The van der Waals surface area contributed by atoms with Crippen LogP contribution in [0.3, 0.4) is 0 Å². The largest absolute Gasteiger partial charge is 0.352 e. The zero-order chi connectivity index (χ0) is 9.56. The molecule has 0 radical (unpaired) electrons. The van der Waals surface area contributed by atoms with Crippen LogP contribution in [0.2, 0.25) is 0 Å². The minimum atomic E-state index is -0.464. The predicted octanol–water partition coefficient (Wildman–Crippen LogP) is 0.289. The minimum absolute atomic E-state index is 0.464. The summed E-state index contributed by atoms with van der Waals surface area (Å²) in [6.07, 6.45) is 0. The molecule has 0 fully saturated rings. The van der Waals surface area contributed by atoms with E-state index >= 15 is 0 Å². The molecular formula is C8H19N3O. The smallest absolute Gasteiger partial charge is 0.312 e. The van der Waals surface area contributed by atoms with Gasteiger partial charge in [0.2, 0.25) is 0 Å². The number of carbonyl (C=O) groups excluding carboxylic acids is 1. The van der Waals surface area contributed by atoms with E-state index in [-0.39, 0.29) is 0 Å². The first kappa shape index (κ1) is 11.2. The molecule has 0 spiro atoms. The number of primary amides is 1. The van der Waals surface area contributed by atoms with Gasteiger partial charge in [-0.05, 0) is 12.8 Å². The Kier molecular flexibility index (Phi) is 5.45. The topological polar surface area (TPSA) is 67.2 Å². The van der Waals surface area contributed by atoms with E-state index in [4.69, 9.17) is 5.73 Å². The molecule has 1 unspecified atom stereocenters. The van der Waals surface area contributed by atoms with Crippen LogP contribution in [0.25, 0.3) is 0 Å². The van der Waals surface area contributed by atoms with Gasteiger partial charge in [0.1, 0.15) is 0 Å².